The first kappa shape index (κ1) is 22.5. The molecule has 0 spiro atoms. The van der Waals surface area contributed by atoms with Crippen LogP contribution in [-0.2, 0) is 9.30 Å². The standard InChI is InChI=1S/C27H35O3P/c1-20(2)15-16-25(27(4,28)21-17-18-26(3)24(19-21)30-26)31(29,22-11-7-5-8-12-22)23-13-9-6-10-14-23/h5-15,21,24-25,28H,16-19H2,1-4H3/t21-,24+,25+,26-,27-/m0/s1. The van der Waals surface area contributed by atoms with E-state index in [9.17, 15) is 5.11 Å². The van der Waals surface area contributed by atoms with Gasteiger partial charge in [0.2, 0.25) is 0 Å². The molecule has 1 aliphatic carbocycles. The van der Waals surface area contributed by atoms with Gasteiger partial charge in [0.15, 0.2) is 0 Å². The molecule has 2 aliphatic rings. The molecule has 4 rings (SSSR count). The molecule has 3 nitrogen and oxygen atoms in total. The van der Waals surface area contributed by atoms with Gasteiger partial charge in [-0.2, -0.15) is 0 Å². The maximum Gasteiger partial charge on any atom is 0.149 e. The maximum atomic E-state index is 15.2. The van der Waals surface area contributed by atoms with Crippen molar-refractivity contribution in [3.8, 4) is 0 Å². The summed E-state index contributed by atoms with van der Waals surface area (Å²) in [5, 5.41) is 13.8. The van der Waals surface area contributed by atoms with Crippen LogP contribution in [-0.4, -0.2) is 28.1 Å². The van der Waals surface area contributed by atoms with Crippen LogP contribution in [0.15, 0.2) is 72.3 Å². The molecule has 0 amide bonds. The smallest absolute Gasteiger partial charge is 0.149 e. The molecule has 31 heavy (non-hydrogen) atoms. The molecule has 1 saturated heterocycles. The van der Waals surface area contributed by atoms with Crippen LogP contribution in [0.4, 0.5) is 0 Å². The second kappa shape index (κ2) is 8.35. The van der Waals surface area contributed by atoms with Crippen molar-refractivity contribution in [2.24, 2.45) is 5.92 Å². The zero-order valence-electron chi connectivity index (χ0n) is 19.1. The predicted molar refractivity (Wildman–Crippen MR) is 129 cm³/mol. The third-order valence-electron chi connectivity index (χ3n) is 7.49. The van der Waals surface area contributed by atoms with Crippen molar-refractivity contribution in [1.29, 1.82) is 0 Å². The molecule has 5 atom stereocenters. The summed E-state index contributed by atoms with van der Waals surface area (Å²) in [7, 11) is -3.14. The van der Waals surface area contributed by atoms with Gasteiger partial charge < -0.3 is 14.4 Å². The molecular weight excluding hydrogens is 403 g/mol. The second-order valence-electron chi connectivity index (χ2n) is 9.98. The Morgan fingerprint density at radius 1 is 1.16 bits per heavy atom. The molecule has 4 heteroatoms. The van der Waals surface area contributed by atoms with Gasteiger partial charge in [-0.05, 0) is 59.3 Å². The minimum atomic E-state index is -3.14. The summed E-state index contributed by atoms with van der Waals surface area (Å²) < 4.78 is 21.1. The van der Waals surface area contributed by atoms with Crippen LogP contribution in [0, 0.1) is 5.92 Å². The Kier molecular flexibility index (Phi) is 6.07. The van der Waals surface area contributed by atoms with Gasteiger partial charge in [-0.3, -0.25) is 0 Å². The number of fused-ring (bicyclic) bond motifs is 1. The number of ether oxygens (including phenoxy) is 1. The van der Waals surface area contributed by atoms with Gasteiger partial charge in [-0.15, -0.1) is 0 Å². The van der Waals surface area contributed by atoms with E-state index in [1.54, 1.807) is 0 Å². The van der Waals surface area contributed by atoms with Crippen LogP contribution in [0.25, 0.3) is 0 Å². The number of benzene rings is 2. The number of aliphatic hydroxyl groups is 1. The number of hydrogen-bond donors (Lipinski definition) is 1. The average molecular weight is 439 g/mol. The van der Waals surface area contributed by atoms with E-state index in [1.165, 1.54) is 5.57 Å². The quantitative estimate of drug-likeness (QED) is 0.356. The van der Waals surface area contributed by atoms with Crippen LogP contribution in [0.3, 0.4) is 0 Å². The Hall–Kier alpha value is -1.67. The van der Waals surface area contributed by atoms with Crippen LogP contribution in [0.2, 0.25) is 0 Å². The van der Waals surface area contributed by atoms with Crippen LogP contribution in [0.5, 0.6) is 0 Å². The lowest BCUT2D eigenvalue weighted by atomic mass is 9.73. The summed E-state index contributed by atoms with van der Waals surface area (Å²) >= 11 is 0. The Morgan fingerprint density at radius 3 is 2.19 bits per heavy atom. The number of hydrogen-bond acceptors (Lipinski definition) is 3. The van der Waals surface area contributed by atoms with E-state index in [-0.39, 0.29) is 17.6 Å². The predicted octanol–water partition coefficient (Wildman–Crippen LogP) is 5.43. The van der Waals surface area contributed by atoms with E-state index in [4.69, 9.17) is 4.74 Å². The minimum absolute atomic E-state index is 0.00938. The van der Waals surface area contributed by atoms with Gasteiger partial charge in [0.25, 0.3) is 0 Å². The van der Waals surface area contributed by atoms with Gasteiger partial charge in [0.05, 0.1) is 23.0 Å². The highest BCUT2D eigenvalue weighted by molar-refractivity contribution is 7.79. The highest BCUT2D eigenvalue weighted by atomic mass is 31.2. The molecule has 2 aromatic carbocycles. The van der Waals surface area contributed by atoms with Crippen LogP contribution < -0.4 is 10.6 Å². The summed E-state index contributed by atoms with van der Waals surface area (Å²) in [6.07, 6.45) is 5.62. The molecule has 1 aliphatic heterocycles. The largest absolute Gasteiger partial charge is 0.389 e. The molecule has 1 saturated carbocycles. The van der Waals surface area contributed by atoms with E-state index >= 15 is 4.57 Å². The van der Waals surface area contributed by atoms with Gasteiger partial charge in [0.1, 0.15) is 7.14 Å². The lowest BCUT2D eigenvalue weighted by molar-refractivity contribution is -0.0185. The Morgan fingerprint density at radius 2 is 1.71 bits per heavy atom. The number of allylic oxidation sites excluding steroid dienone is 2. The van der Waals surface area contributed by atoms with Crippen LogP contribution in [0.1, 0.15) is 53.4 Å². The van der Waals surface area contributed by atoms with Crippen molar-refractivity contribution in [1.82, 2.24) is 0 Å². The molecule has 0 radical (unpaired) electrons. The van der Waals surface area contributed by atoms with E-state index in [1.807, 2.05) is 67.6 Å². The zero-order valence-corrected chi connectivity index (χ0v) is 20.0. The van der Waals surface area contributed by atoms with Gasteiger partial charge in [0, 0.05) is 10.6 Å². The molecule has 0 bridgehead atoms. The van der Waals surface area contributed by atoms with Gasteiger partial charge >= 0.3 is 0 Å². The highest BCUT2D eigenvalue weighted by Crippen LogP contribution is 2.59. The molecule has 2 aromatic rings. The molecule has 0 aromatic heterocycles. The van der Waals surface area contributed by atoms with E-state index < -0.39 is 18.4 Å². The Balaban J connectivity index is 1.82. The summed E-state index contributed by atoms with van der Waals surface area (Å²) in [5.41, 5.74) is -0.326. The zero-order chi connectivity index (χ0) is 22.3. The van der Waals surface area contributed by atoms with Gasteiger partial charge in [-0.25, -0.2) is 0 Å². The summed E-state index contributed by atoms with van der Waals surface area (Å²) in [4.78, 5) is 0. The SMILES string of the molecule is CC(C)=CC[C@H]([C@@](C)(O)[C@H]1CC[C@]2(C)O[C@@H]2C1)P(=O)(c1ccccc1)c1ccccc1. The van der Waals surface area contributed by atoms with Gasteiger partial charge in [-0.1, -0.05) is 72.3 Å². The van der Waals surface area contributed by atoms with Crippen molar-refractivity contribution in [3.05, 3.63) is 72.3 Å². The monoisotopic (exact) mass is 438 g/mol. The van der Waals surface area contributed by atoms with Crippen molar-refractivity contribution < 1.29 is 14.4 Å². The second-order valence-corrected chi connectivity index (χ2v) is 13.0. The third-order valence-corrected chi connectivity index (χ3v) is 11.2. The highest BCUT2D eigenvalue weighted by Gasteiger charge is 2.60. The fourth-order valence-electron chi connectivity index (χ4n) is 5.36. The number of epoxide rings is 1. The summed E-state index contributed by atoms with van der Waals surface area (Å²) in [5.74, 6) is 0.0596. The van der Waals surface area contributed by atoms with E-state index in [0.29, 0.717) is 6.42 Å². The third kappa shape index (κ3) is 4.21. The maximum absolute atomic E-state index is 15.2. The Labute approximate surface area is 186 Å². The lowest BCUT2D eigenvalue weighted by Crippen LogP contribution is -2.50. The van der Waals surface area contributed by atoms with E-state index in [0.717, 1.165) is 29.9 Å². The lowest BCUT2D eigenvalue weighted by Gasteiger charge is -2.44. The average Bonchev–Trinajstić information content (AvgIpc) is 3.45. The van der Waals surface area contributed by atoms with Crippen molar-refractivity contribution in [3.63, 3.8) is 0 Å². The van der Waals surface area contributed by atoms with E-state index in [2.05, 4.69) is 26.8 Å². The molecule has 1 N–H and O–H groups in total. The first-order valence-corrected chi connectivity index (χ1v) is 13.2. The molecule has 0 unspecified atom stereocenters. The van der Waals surface area contributed by atoms with Crippen LogP contribution >= 0.6 is 7.14 Å². The fraction of sp³-hybridized carbons (Fsp3) is 0.481. The first-order valence-electron chi connectivity index (χ1n) is 11.4. The molecule has 2 fully saturated rings. The first-order chi connectivity index (χ1) is 14.7. The molecular formula is C27H35O3P. The summed E-state index contributed by atoms with van der Waals surface area (Å²) in [6, 6.07) is 19.5. The van der Waals surface area contributed by atoms with Crippen molar-refractivity contribution in [2.45, 2.75) is 76.3 Å². The summed E-state index contributed by atoms with van der Waals surface area (Å²) in [6.45, 7) is 8.21. The molecule has 1 heterocycles. The minimum Gasteiger partial charge on any atom is -0.389 e. The Bertz CT molecular complexity index is 935. The molecule has 166 valence electrons. The van der Waals surface area contributed by atoms with Crippen molar-refractivity contribution in [2.75, 3.05) is 0 Å². The number of rotatable bonds is 7. The topological polar surface area (TPSA) is 49.8 Å². The fourth-order valence-corrected chi connectivity index (χ4v) is 8.96. The van der Waals surface area contributed by atoms with Crippen molar-refractivity contribution >= 4 is 17.8 Å². The normalized spacial score (nSPS) is 28.2.